The normalized spacial score (nSPS) is 10.6. The Bertz CT molecular complexity index is 854. The molecule has 0 heterocycles. The predicted octanol–water partition coefficient (Wildman–Crippen LogP) is 5.78. The SMILES string of the molecule is Oc1cc(Cl)ccc1Oc1ccc(Cl)cc1CNCc1ccccc1. The van der Waals surface area contributed by atoms with E-state index in [4.69, 9.17) is 27.9 Å². The third-order valence-corrected chi connectivity index (χ3v) is 4.12. The van der Waals surface area contributed by atoms with E-state index in [0.29, 0.717) is 28.1 Å². The smallest absolute Gasteiger partial charge is 0.169 e. The van der Waals surface area contributed by atoms with Gasteiger partial charge >= 0.3 is 0 Å². The summed E-state index contributed by atoms with van der Waals surface area (Å²) in [7, 11) is 0. The Morgan fingerprint density at radius 1 is 0.800 bits per heavy atom. The van der Waals surface area contributed by atoms with E-state index in [9.17, 15) is 5.11 Å². The minimum Gasteiger partial charge on any atom is -0.504 e. The number of phenolic OH excluding ortho intramolecular Hbond substituents is 1. The largest absolute Gasteiger partial charge is 0.504 e. The van der Waals surface area contributed by atoms with Gasteiger partial charge in [-0.05, 0) is 35.9 Å². The topological polar surface area (TPSA) is 41.5 Å². The average molecular weight is 374 g/mol. The van der Waals surface area contributed by atoms with Crippen molar-refractivity contribution < 1.29 is 9.84 Å². The fourth-order valence-electron chi connectivity index (χ4n) is 2.42. The van der Waals surface area contributed by atoms with Crippen LogP contribution in [-0.4, -0.2) is 5.11 Å². The number of rotatable bonds is 6. The second-order valence-electron chi connectivity index (χ2n) is 5.56. The van der Waals surface area contributed by atoms with Crippen molar-refractivity contribution in [1.82, 2.24) is 5.32 Å². The molecule has 2 N–H and O–H groups in total. The molecule has 3 nitrogen and oxygen atoms in total. The van der Waals surface area contributed by atoms with Crippen LogP contribution in [0.2, 0.25) is 10.0 Å². The second kappa shape index (κ2) is 8.26. The zero-order valence-electron chi connectivity index (χ0n) is 13.4. The van der Waals surface area contributed by atoms with E-state index < -0.39 is 0 Å². The number of hydrogen-bond acceptors (Lipinski definition) is 3. The lowest BCUT2D eigenvalue weighted by Gasteiger charge is -2.13. The first kappa shape index (κ1) is 17.6. The summed E-state index contributed by atoms with van der Waals surface area (Å²) < 4.78 is 5.85. The molecule has 0 unspecified atom stereocenters. The van der Waals surface area contributed by atoms with Gasteiger partial charge in [-0.2, -0.15) is 0 Å². The molecule has 0 saturated carbocycles. The van der Waals surface area contributed by atoms with Crippen molar-refractivity contribution in [3.05, 3.63) is 87.9 Å². The summed E-state index contributed by atoms with van der Waals surface area (Å²) in [6.07, 6.45) is 0. The van der Waals surface area contributed by atoms with Crippen LogP contribution in [-0.2, 0) is 13.1 Å². The first-order valence-electron chi connectivity index (χ1n) is 7.81. The molecule has 0 saturated heterocycles. The molecule has 128 valence electrons. The van der Waals surface area contributed by atoms with Gasteiger partial charge in [-0.1, -0.05) is 53.5 Å². The van der Waals surface area contributed by atoms with E-state index in [1.165, 1.54) is 11.6 Å². The minimum atomic E-state index is -0.00866. The molecule has 0 amide bonds. The molecule has 3 aromatic rings. The van der Waals surface area contributed by atoms with Crippen LogP contribution in [0.1, 0.15) is 11.1 Å². The zero-order valence-corrected chi connectivity index (χ0v) is 14.9. The Morgan fingerprint density at radius 2 is 1.48 bits per heavy atom. The Balaban J connectivity index is 1.73. The highest BCUT2D eigenvalue weighted by molar-refractivity contribution is 6.31. The van der Waals surface area contributed by atoms with Crippen molar-refractivity contribution in [3.63, 3.8) is 0 Å². The van der Waals surface area contributed by atoms with Gasteiger partial charge in [0.05, 0.1) is 0 Å². The number of phenols is 1. The number of halogens is 2. The molecule has 5 heteroatoms. The number of benzene rings is 3. The van der Waals surface area contributed by atoms with Crippen LogP contribution < -0.4 is 10.1 Å². The first-order valence-corrected chi connectivity index (χ1v) is 8.57. The Labute approximate surface area is 156 Å². The second-order valence-corrected chi connectivity index (χ2v) is 6.43. The van der Waals surface area contributed by atoms with Gasteiger partial charge in [-0.25, -0.2) is 0 Å². The number of nitrogens with one attached hydrogen (secondary N) is 1. The first-order chi connectivity index (χ1) is 12.1. The molecule has 3 aromatic carbocycles. The summed E-state index contributed by atoms with van der Waals surface area (Å²) in [5.74, 6) is 0.962. The molecule has 25 heavy (non-hydrogen) atoms. The summed E-state index contributed by atoms with van der Waals surface area (Å²) in [6.45, 7) is 1.32. The summed E-state index contributed by atoms with van der Waals surface area (Å²) >= 11 is 12.0. The van der Waals surface area contributed by atoms with Gasteiger partial charge in [-0.3, -0.25) is 0 Å². The summed E-state index contributed by atoms with van der Waals surface area (Å²) in [4.78, 5) is 0. The van der Waals surface area contributed by atoms with Gasteiger partial charge < -0.3 is 15.2 Å². The molecule has 0 aliphatic carbocycles. The third kappa shape index (κ3) is 4.89. The van der Waals surface area contributed by atoms with Gasteiger partial charge in [0.15, 0.2) is 11.5 Å². The Hall–Kier alpha value is -2.20. The third-order valence-electron chi connectivity index (χ3n) is 3.65. The molecule has 0 aliphatic heterocycles. The maximum absolute atomic E-state index is 9.97. The highest BCUT2D eigenvalue weighted by Crippen LogP contribution is 2.35. The van der Waals surface area contributed by atoms with Crippen LogP contribution in [0.3, 0.4) is 0 Å². The van der Waals surface area contributed by atoms with Crippen LogP contribution in [0.25, 0.3) is 0 Å². The van der Waals surface area contributed by atoms with E-state index in [2.05, 4.69) is 17.4 Å². The molecule has 0 radical (unpaired) electrons. The van der Waals surface area contributed by atoms with E-state index in [1.54, 1.807) is 24.3 Å². The Morgan fingerprint density at radius 3 is 2.20 bits per heavy atom. The maximum Gasteiger partial charge on any atom is 0.169 e. The molecule has 0 fully saturated rings. The van der Waals surface area contributed by atoms with E-state index in [-0.39, 0.29) is 5.75 Å². The molecular formula is C20H17Cl2NO2. The lowest BCUT2D eigenvalue weighted by Crippen LogP contribution is -2.13. The molecule has 0 bridgehead atoms. The summed E-state index contributed by atoms with van der Waals surface area (Å²) in [5.41, 5.74) is 2.10. The van der Waals surface area contributed by atoms with Gasteiger partial charge in [0.1, 0.15) is 5.75 Å². The number of ether oxygens (including phenoxy) is 1. The number of aromatic hydroxyl groups is 1. The quantitative estimate of drug-likeness (QED) is 0.575. The predicted molar refractivity (Wildman–Crippen MR) is 102 cm³/mol. The van der Waals surface area contributed by atoms with Crippen LogP contribution in [0.15, 0.2) is 66.7 Å². The maximum atomic E-state index is 9.97. The minimum absolute atomic E-state index is 0.00866. The lowest BCUT2D eigenvalue weighted by molar-refractivity contribution is 0.408. The zero-order chi connectivity index (χ0) is 17.6. The highest BCUT2D eigenvalue weighted by atomic mass is 35.5. The van der Waals surface area contributed by atoms with E-state index >= 15 is 0 Å². The summed E-state index contributed by atoms with van der Waals surface area (Å²) in [5, 5.41) is 14.4. The fourth-order valence-corrected chi connectivity index (χ4v) is 2.78. The average Bonchev–Trinajstić information content (AvgIpc) is 2.60. The van der Waals surface area contributed by atoms with Crippen molar-refractivity contribution in [1.29, 1.82) is 0 Å². The molecule has 3 rings (SSSR count). The van der Waals surface area contributed by atoms with Crippen molar-refractivity contribution in [3.8, 4) is 17.2 Å². The molecular weight excluding hydrogens is 357 g/mol. The van der Waals surface area contributed by atoms with Crippen molar-refractivity contribution >= 4 is 23.2 Å². The Kier molecular flexibility index (Phi) is 5.82. The van der Waals surface area contributed by atoms with Gasteiger partial charge in [0.25, 0.3) is 0 Å². The van der Waals surface area contributed by atoms with Gasteiger partial charge in [0, 0.05) is 34.8 Å². The van der Waals surface area contributed by atoms with Crippen LogP contribution in [0.5, 0.6) is 17.2 Å². The van der Waals surface area contributed by atoms with Crippen molar-refractivity contribution in [2.24, 2.45) is 0 Å². The van der Waals surface area contributed by atoms with Crippen LogP contribution >= 0.6 is 23.2 Å². The highest BCUT2D eigenvalue weighted by Gasteiger charge is 2.09. The standard InChI is InChI=1S/C20H17Cl2NO2/c21-16-6-8-19(25-20-9-7-17(22)11-18(20)24)15(10-16)13-23-12-14-4-2-1-3-5-14/h1-11,23-24H,12-13H2. The van der Waals surface area contributed by atoms with Gasteiger partial charge in [-0.15, -0.1) is 0 Å². The van der Waals surface area contributed by atoms with Crippen LogP contribution in [0.4, 0.5) is 0 Å². The lowest BCUT2D eigenvalue weighted by atomic mass is 10.2. The monoisotopic (exact) mass is 373 g/mol. The van der Waals surface area contributed by atoms with E-state index in [0.717, 1.165) is 12.1 Å². The summed E-state index contributed by atoms with van der Waals surface area (Å²) in [6, 6.07) is 20.3. The van der Waals surface area contributed by atoms with Gasteiger partial charge in [0.2, 0.25) is 0 Å². The van der Waals surface area contributed by atoms with Crippen LogP contribution in [0, 0.1) is 0 Å². The molecule has 0 spiro atoms. The van der Waals surface area contributed by atoms with Crippen molar-refractivity contribution in [2.75, 3.05) is 0 Å². The molecule has 0 atom stereocenters. The number of hydrogen-bond donors (Lipinski definition) is 2. The van der Waals surface area contributed by atoms with E-state index in [1.807, 2.05) is 24.3 Å². The van der Waals surface area contributed by atoms with Crippen molar-refractivity contribution in [2.45, 2.75) is 13.1 Å². The molecule has 0 aromatic heterocycles. The molecule has 0 aliphatic rings. The fraction of sp³-hybridized carbons (Fsp3) is 0.100.